The van der Waals surface area contributed by atoms with Gasteiger partial charge in [-0.2, -0.15) is 0 Å². The molecule has 0 radical (unpaired) electrons. The van der Waals surface area contributed by atoms with Crippen LogP contribution in [0, 0.1) is 0 Å². The van der Waals surface area contributed by atoms with Crippen molar-refractivity contribution in [2.24, 2.45) is 0 Å². The van der Waals surface area contributed by atoms with Gasteiger partial charge in [0.25, 0.3) is 0 Å². The molecule has 11 atom stereocenters. The molecule has 0 spiro atoms. The second-order valence-corrected chi connectivity index (χ2v) is 24.0. The molecule has 2 fully saturated rings. The van der Waals surface area contributed by atoms with Crippen LogP contribution in [0.2, 0.25) is 0 Å². The second-order valence-electron chi connectivity index (χ2n) is 24.0. The molecule has 482 valence electrons. The van der Waals surface area contributed by atoms with E-state index in [2.05, 4.69) is 50.3 Å². The van der Waals surface area contributed by atoms with Gasteiger partial charge < -0.3 is 64.2 Å². The van der Waals surface area contributed by atoms with E-state index in [0.717, 1.165) is 57.8 Å². The van der Waals surface area contributed by atoms with Crippen molar-refractivity contribution in [2.75, 3.05) is 33.0 Å². The number of hydrogen-bond acceptors (Lipinski definition) is 14. The molecule has 0 bridgehead atoms. The van der Waals surface area contributed by atoms with Crippen LogP contribution in [0.4, 0.5) is 0 Å². The molecule has 82 heavy (non-hydrogen) atoms. The maximum absolute atomic E-state index is 13.1. The van der Waals surface area contributed by atoms with E-state index in [-0.39, 0.29) is 25.6 Å². The van der Waals surface area contributed by atoms with Gasteiger partial charge in [-0.25, -0.2) is 0 Å². The van der Waals surface area contributed by atoms with Crippen molar-refractivity contribution in [1.29, 1.82) is 0 Å². The first-order valence-corrected chi connectivity index (χ1v) is 34.1. The molecular weight excluding hydrogens is 1040 g/mol. The Hall–Kier alpha value is -1.79. The third-order valence-electron chi connectivity index (χ3n) is 16.4. The molecule has 2 aliphatic rings. The van der Waals surface area contributed by atoms with Gasteiger partial charge in [0.15, 0.2) is 12.6 Å². The summed E-state index contributed by atoms with van der Waals surface area (Å²) >= 11 is 0. The maximum atomic E-state index is 13.1. The Morgan fingerprint density at radius 2 is 0.756 bits per heavy atom. The summed E-state index contributed by atoms with van der Waals surface area (Å²) in [5.74, 6) is -0.374. The van der Waals surface area contributed by atoms with Crippen molar-refractivity contribution in [3.8, 4) is 0 Å². The van der Waals surface area contributed by atoms with Crippen molar-refractivity contribution < 1.29 is 69.0 Å². The van der Waals surface area contributed by atoms with Crippen LogP contribution in [0.15, 0.2) is 36.5 Å². The Balaban J connectivity index is 1.65. The number of unbranched alkanes of at least 4 members (excludes halogenated alkanes) is 37. The number of aliphatic hydroxyl groups is 7. The molecule has 0 amide bonds. The topological polar surface area (TPSA) is 214 Å². The van der Waals surface area contributed by atoms with E-state index in [1.54, 1.807) is 0 Å². The fourth-order valence-corrected chi connectivity index (χ4v) is 10.9. The van der Waals surface area contributed by atoms with Crippen LogP contribution in [-0.2, 0) is 33.2 Å². The molecule has 0 saturated carbocycles. The average molecular weight is 1170 g/mol. The maximum Gasteiger partial charge on any atom is 0.306 e. The minimum absolute atomic E-state index is 0.0641. The quantitative estimate of drug-likeness (QED) is 0.0171. The van der Waals surface area contributed by atoms with Crippen LogP contribution in [0.3, 0.4) is 0 Å². The van der Waals surface area contributed by atoms with Crippen LogP contribution in [0.5, 0.6) is 0 Å². The molecule has 0 aromatic rings. The highest BCUT2D eigenvalue weighted by Crippen LogP contribution is 2.27. The zero-order chi connectivity index (χ0) is 59.4. The van der Waals surface area contributed by atoms with Crippen molar-refractivity contribution in [2.45, 2.75) is 357 Å². The highest BCUT2D eigenvalue weighted by molar-refractivity contribution is 5.69. The number of carbonyl (C=O) groups excluding carboxylic acids is 1. The lowest BCUT2D eigenvalue weighted by molar-refractivity contribution is -0.332. The van der Waals surface area contributed by atoms with Gasteiger partial charge in [0.1, 0.15) is 54.9 Å². The molecule has 2 aliphatic heterocycles. The lowest BCUT2D eigenvalue weighted by atomic mass is 9.98. The SMILES string of the molecule is CCCCCCC/C=C\C/C=C\C/C=C\CCCCCCCCCCCCC(=O)OC(COCCCCCCCCCCCCCCCCCCCCCCCCC)COC1OC(COC2OC(CO)C(O)C(O)C2O)C(O)C(O)C1O. The molecule has 14 nitrogen and oxygen atoms in total. The van der Waals surface area contributed by atoms with E-state index in [1.165, 1.54) is 205 Å². The van der Waals surface area contributed by atoms with Crippen LogP contribution in [0.1, 0.15) is 290 Å². The van der Waals surface area contributed by atoms with Crippen molar-refractivity contribution in [3.63, 3.8) is 0 Å². The monoisotopic (exact) mass is 1170 g/mol. The Labute approximate surface area is 500 Å². The summed E-state index contributed by atoms with van der Waals surface area (Å²) in [5, 5.41) is 72.6. The lowest BCUT2D eigenvalue weighted by Crippen LogP contribution is -2.61. The molecule has 2 heterocycles. The van der Waals surface area contributed by atoms with Gasteiger partial charge in [0.2, 0.25) is 0 Å². The Morgan fingerprint density at radius 1 is 0.402 bits per heavy atom. The summed E-state index contributed by atoms with van der Waals surface area (Å²) in [7, 11) is 0. The van der Waals surface area contributed by atoms with E-state index in [1.807, 2.05) is 0 Å². The zero-order valence-corrected chi connectivity index (χ0v) is 52.2. The molecule has 0 aromatic heterocycles. The van der Waals surface area contributed by atoms with Crippen LogP contribution < -0.4 is 0 Å². The van der Waals surface area contributed by atoms with Gasteiger partial charge in [-0.15, -0.1) is 0 Å². The summed E-state index contributed by atoms with van der Waals surface area (Å²) in [4.78, 5) is 13.1. The standard InChI is InChI=1S/C68H126O14/c1-3-5-7-9-11-13-15-17-19-21-23-25-27-28-29-31-33-35-37-39-41-43-45-47-49-51-60(70)80-57(55-78-67-66(76)64(74)62(72)59(82-67)56-79-68-65(75)63(73)61(71)58(53-69)81-68)54-77-52-50-48-46-44-42-40-38-36-34-32-30-26-24-22-20-18-16-14-12-10-8-6-4-2/h15,17,21,23,27-28,57-59,61-69,71-76H,3-14,16,18-20,22,24-26,29-56H2,1-2H3/b17-15-,23-21-,28-27-. The number of hydrogen-bond donors (Lipinski definition) is 7. The van der Waals surface area contributed by atoms with Gasteiger partial charge in [0.05, 0.1) is 26.4 Å². The predicted molar refractivity (Wildman–Crippen MR) is 330 cm³/mol. The highest BCUT2D eigenvalue weighted by atomic mass is 16.7. The molecule has 11 unspecified atom stereocenters. The summed E-state index contributed by atoms with van der Waals surface area (Å²) in [5.41, 5.74) is 0. The number of ether oxygens (including phenoxy) is 6. The zero-order valence-electron chi connectivity index (χ0n) is 52.2. The predicted octanol–water partition coefficient (Wildman–Crippen LogP) is 14.0. The van der Waals surface area contributed by atoms with Gasteiger partial charge in [-0.1, -0.05) is 269 Å². The van der Waals surface area contributed by atoms with Crippen LogP contribution >= 0.6 is 0 Å². The molecule has 2 rings (SSSR count). The highest BCUT2D eigenvalue weighted by Gasteiger charge is 2.47. The van der Waals surface area contributed by atoms with Crippen molar-refractivity contribution in [1.82, 2.24) is 0 Å². The Kier molecular flexibility index (Phi) is 50.8. The largest absolute Gasteiger partial charge is 0.457 e. The number of esters is 1. The first-order valence-electron chi connectivity index (χ1n) is 34.1. The van der Waals surface area contributed by atoms with E-state index < -0.39 is 80.7 Å². The molecular formula is C68H126O14. The Bertz CT molecular complexity index is 1500. The molecule has 2 saturated heterocycles. The summed E-state index contributed by atoms with van der Waals surface area (Å²) in [6.07, 6.45) is 50.7. The van der Waals surface area contributed by atoms with E-state index in [4.69, 9.17) is 28.4 Å². The van der Waals surface area contributed by atoms with Gasteiger partial charge in [-0.3, -0.25) is 4.79 Å². The summed E-state index contributed by atoms with van der Waals surface area (Å²) < 4.78 is 34.5. The van der Waals surface area contributed by atoms with Gasteiger partial charge >= 0.3 is 5.97 Å². The summed E-state index contributed by atoms with van der Waals surface area (Å²) in [6, 6.07) is 0. The van der Waals surface area contributed by atoms with E-state index in [9.17, 15) is 40.5 Å². The van der Waals surface area contributed by atoms with E-state index >= 15 is 0 Å². The average Bonchev–Trinajstić information content (AvgIpc) is 3.54. The molecule has 7 N–H and O–H groups in total. The van der Waals surface area contributed by atoms with Crippen molar-refractivity contribution >= 4 is 5.97 Å². The summed E-state index contributed by atoms with van der Waals surface area (Å²) in [6.45, 7) is 3.74. The fraction of sp³-hybridized carbons (Fsp3) is 0.897. The Morgan fingerprint density at radius 3 is 1.18 bits per heavy atom. The normalized spacial score (nSPS) is 23.7. The molecule has 14 heteroatoms. The molecule has 0 aliphatic carbocycles. The number of rotatable bonds is 57. The lowest BCUT2D eigenvalue weighted by Gasteiger charge is -2.42. The third kappa shape index (κ3) is 39.8. The minimum Gasteiger partial charge on any atom is -0.457 e. The third-order valence-corrected chi connectivity index (χ3v) is 16.4. The van der Waals surface area contributed by atoms with Crippen molar-refractivity contribution in [3.05, 3.63) is 36.5 Å². The number of carbonyl (C=O) groups is 1. The fourth-order valence-electron chi connectivity index (χ4n) is 10.9. The minimum atomic E-state index is -1.71. The molecule has 0 aromatic carbocycles. The van der Waals surface area contributed by atoms with Gasteiger partial charge in [0, 0.05) is 13.0 Å². The first kappa shape index (κ1) is 76.3. The van der Waals surface area contributed by atoms with Crippen LogP contribution in [0.25, 0.3) is 0 Å². The van der Waals surface area contributed by atoms with Gasteiger partial charge in [-0.05, 0) is 51.4 Å². The first-order chi connectivity index (χ1) is 40.1. The van der Waals surface area contributed by atoms with E-state index in [0.29, 0.717) is 13.0 Å². The smallest absolute Gasteiger partial charge is 0.306 e. The second kappa shape index (κ2) is 54.6. The number of allylic oxidation sites excluding steroid dienone is 6. The number of aliphatic hydroxyl groups excluding tert-OH is 7. The van der Waals surface area contributed by atoms with Crippen LogP contribution in [-0.4, -0.2) is 142 Å².